The molecule has 0 fully saturated rings. The second-order valence-corrected chi connectivity index (χ2v) is 12.5. The minimum atomic E-state index is -2.00. The van der Waals surface area contributed by atoms with Gasteiger partial charge < -0.3 is 34.8 Å². The highest BCUT2D eigenvalue weighted by Gasteiger charge is 2.61. The molecule has 10 nitrogen and oxygen atoms in total. The van der Waals surface area contributed by atoms with Crippen LogP contribution in [0, 0.1) is 5.92 Å². The first-order valence-electron chi connectivity index (χ1n) is 14.5. The number of allylic oxidation sites excluding steroid dienone is 1. The van der Waals surface area contributed by atoms with Gasteiger partial charge >= 0.3 is 0 Å². The smallest absolute Gasteiger partial charge is 0.231 e. The lowest BCUT2D eigenvalue weighted by molar-refractivity contribution is -0.122. The molecule has 1 aliphatic carbocycles. The highest BCUT2D eigenvalue weighted by molar-refractivity contribution is 7.98. The van der Waals surface area contributed by atoms with E-state index in [1.807, 2.05) is 18.4 Å². The fourth-order valence-electron chi connectivity index (χ4n) is 6.04. The molecule has 0 saturated heterocycles. The van der Waals surface area contributed by atoms with Crippen LogP contribution in [0.3, 0.4) is 0 Å². The number of methoxy groups -OCH3 is 2. The van der Waals surface area contributed by atoms with Gasteiger partial charge in [0, 0.05) is 47.8 Å². The van der Waals surface area contributed by atoms with Gasteiger partial charge in [-0.2, -0.15) is 0 Å². The molecule has 12 heteroatoms. The maximum Gasteiger partial charge on any atom is 0.231 e. The number of rotatable bonds is 10. The summed E-state index contributed by atoms with van der Waals surface area (Å²) in [5, 5.41) is 34.9. The van der Waals surface area contributed by atoms with E-state index in [0.717, 1.165) is 4.90 Å². The number of carbonyl (C=O) groups is 3. The van der Waals surface area contributed by atoms with Gasteiger partial charge in [0.05, 0.1) is 20.3 Å². The number of benzene rings is 3. The topological polar surface area (TPSA) is 152 Å². The van der Waals surface area contributed by atoms with Gasteiger partial charge in [0.25, 0.3) is 0 Å². The van der Waals surface area contributed by atoms with Crippen LogP contribution >= 0.6 is 23.4 Å². The number of carbonyl (C=O) groups excluding carboxylic acids is 3. The SMILES string of the molecule is COc1cc(OC)c2c(c1Cl)O[C@]1(C2=O)C(O)=C(C(CC(=O)NCC(O)c2ccc(O)cc2)c2ccc(SC)cc2)C(=O)C[C@H]1C. The van der Waals surface area contributed by atoms with Crippen molar-refractivity contribution in [1.29, 1.82) is 0 Å². The second-order valence-electron chi connectivity index (χ2n) is 11.2. The first-order valence-corrected chi connectivity index (χ1v) is 16.1. The Morgan fingerprint density at radius 3 is 2.30 bits per heavy atom. The standard InChI is InChI=1S/C34H34ClNO9S/c1-17-13-23(38)28(32(41)34(17)33(42)29-25(43-2)15-26(44-3)30(35)31(29)45-34)22(18-7-11-21(46-4)12-8-18)14-27(40)36-16-24(39)19-5-9-20(37)10-6-19/h5-12,15,17,22,24,37,39,41H,13-14,16H2,1-4H3,(H,36,40)/t17-,22?,24?,34+/m1/s1. The number of ketones is 2. The normalized spacial score (nSPS) is 20.3. The number of halogens is 1. The predicted molar refractivity (Wildman–Crippen MR) is 172 cm³/mol. The van der Waals surface area contributed by atoms with Gasteiger partial charge in [-0.05, 0) is 41.6 Å². The molecule has 2 aliphatic rings. The number of phenols is 1. The summed E-state index contributed by atoms with van der Waals surface area (Å²) in [5.74, 6) is -3.59. The summed E-state index contributed by atoms with van der Waals surface area (Å²) in [5.41, 5.74) is -1.05. The fourth-order valence-corrected chi connectivity index (χ4v) is 6.72. The summed E-state index contributed by atoms with van der Waals surface area (Å²) in [6, 6.07) is 14.6. The minimum Gasteiger partial charge on any atom is -0.508 e. The lowest BCUT2D eigenvalue weighted by Crippen LogP contribution is -2.53. The number of aliphatic hydroxyl groups is 2. The lowest BCUT2D eigenvalue weighted by Gasteiger charge is -2.38. The number of aromatic hydroxyl groups is 1. The molecule has 0 radical (unpaired) electrons. The van der Waals surface area contributed by atoms with Crippen LogP contribution in [0.5, 0.6) is 23.0 Å². The number of ether oxygens (including phenoxy) is 3. The average Bonchev–Trinajstić information content (AvgIpc) is 3.37. The lowest BCUT2D eigenvalue weighted by atomic mass is 9.69. The number of nitrogens with one attached hydrogen (secondary N) is 1. The Morgan fingerprint density at radius 2 is 1.70 bits per heavy atom. The Labute approximate surface area is 275 Å². The number of hydrogen-bond donors (Lipinski definition) is 4. The third-order valence-corrected chi connectivity index (χ3v) is 9.64. The molecule has 3 aromatic rings. The van der Waals surface area contributed by atoms with E-state index in [9.17, 15) is 29.7 Å². The Morgan fingerprint density at radius 1 is 1.07 bits per heavy atom. The monoisotopic (exact) mass is 667 g/mol. The molecular weight excluding hydrogens is 634 g/mol. The number of hydrogen-bond acceptors (Lipinski definition) is 10. The Bertz CT molecular complexity index is 1710. The van der Waals surface area contributed by atoms with Crippen LogP contribution in [0.15, 0.2) is 70.8 Å². The van der Waals surface area contributed by atoms with Crippen LogP contribution in [-0.2, 0) is 9.59 Å². The van der Waals surface area contributed by atoms with E-state index < -0.39 is 46.8 Å². The molecule has 1 spiro atoms. The van der Waals surface area contributed by atoms with Crippen molar-refractivity contribution in [2.75, 3.05) is 27.0 Å². The number of Topliss-reactive ketones (excluding diaryl/α,β-unsaturated/α-hetero) is 2. The van der Waals surface area contributed by atoms with E-state index in [1.54, 1.807) is 31.2 Å². The number of amides is 1. The van der Waals surface area contributed by atoms with Gasteiger partial charge in [-0.3, -0.25) is 14.4 Å². The molecule has 1 amide bonds. The van der Waals surface area contributed by atoms with Crippen molar-refractivity contribution in [2.24, 2.45) is 5.92 Å². The van der Waals surface area contributed by atoms with Crippen LogP contribution in [0.25, 0.3) is 0 Å². The molecule has 4 atom stereocenters. The van der Waals surface area contributed by atoms with Crippen molar-refractivity contribution in [2.45, 2.75) is 42.3 Å². The molecular formula is C34H34ClNO9S. The molecule has 4 N–H and O–H groups in total. The van der Waals surface area contributed by atoms with Crippen LogP contribution in [0.2, 0.25) is 5.02 Å². The van der Waals surface area contributed by atoms with Crippen molar-refractivity contribution in [3.63, 3.8) is 0 Å². The van der Waals surface area contributed by atoms with Gasteiger partial charge in [-0.1, -0.05) is 42.8 Å². The summed E-state index contributed by atoms with van der Waals surface area (Å²) >= 11 is 8.09. The summed E-state index contributed by atoms with van der Waals surface area (Å²) < 4.78 is 17.1. The van der Waals surface area contributed by atoms with E-state index in [1.165, 1.54) is 44.2 Å². The van der Waals surface area contributed by atoms with Gasteiger partial charge in [-0.25, -0.2) is 0 Å². The van der Waals surface area contributed by atoms with Gasteiger partial charge in [0.15, 0.2) is 17.3 Å². The third kappa shape index (κ3) is 5.78. The van der Waals surface area contributed by atoms with E-state index in [4.69, 9.17) is 25.8 Å². The number of fused-ring (bicyclic) bond motifs is 1. The fraction of sp³-hybridized carbons (Fsp3) is 0.324. The summed E-state index contributed by atoms with van der Waals surface area (Å²) in [6.45, 7) is 1.49. The van der Waals surface area contributed by atoms with Gasteiger partial charge in [-0.15, -0.1) is 11.8 Å². The molecule has 0 bridgehead atoms. The summed E-state index contributed by atoms with van der Waals surface area (Å²) in [4.78, 5) is 42.3. The van der Waals surface area contributed by atoms with Crippen molar-refractivity contribution < 1.29 is 43.9 Å². The highest BCUT2D eigenvalue weighted by atomic mass is 35.5. The van der Waals surface area contributed by atoms with Crippen molar-refractivity contribution in [3.8, 4) is 23.0 Å². The first-order chi connectivity index (χ1) is 22.0. The van der Waals surface area contributed by atoms with Crippen molar-refractivity contribution in [1.82, 2.24) is 5.32 Å². The van der Waals surface area contributed by atoms with Gasteiger partial charge in [0.2, 0.25) is 17.3 Å². The number of phenolic OH excluding ortho intramolecular Hbond substituents is 1. The van der Waals surface area contributed by atoms with E-state index in [-0.39, 0.29) is 58.5 Å². The zero-order valence-corrected chi connectivity index (χ0v) is 27.2. The van der Waals surface area contributed by atoms with E-state index in [0.29, 0.717) is 11.1 Å². The quantitative estimate of drug-likeness (QED) is 0.203. The highest BCUT2D eigenvalue weighted by Crippen LogP contribution is 2.55. The summed E-state index contributed by atoms with van der Waals surface area (Å²) in [6.07, 6.45) is 0.418. The third-order valence-electron chi connectivity index (χ3n) is 8.54. The van der Waals surface area contributed by atoms with E-state index >= 15 is 0 Å². The van der Waals surface area contributed by atoms with Crippen LogP contribution in [0.4, 0.5) is 0 Å². The molecule has 0 aromatic heterocycles. The van der Waals surface area contributed by atoms with Gasteiger partial charge in [0.1, 0.15) is 27.8 Å². The Hall–Kier alpha value is -4.19. The zero-order chi connectivity index (χ0) is 33.3. The maximum absolute atomic E-state index is 14.2. The van der Waals surface area contributed by atoms with Crippen molar-refractivity contribution >= 4 is 40.8 Å². The molecule has 2 unspecified atom stereocenters. The number of aliphatic hydroxyl groups excluding tert-OH is 2. The molecule has 3 aromatic carbocycles. The maximum atomic E-state index is 14.2. The zero-order valence-electron chi connectivity index (χ0n) is 25.6. The molecule has 46 heavy (non-hydrogen) atoms. The first kappa shape index (κ1) is 33.2. The molecule has 242 valence electrons. The second kappa shape index (κ2) is 13.3. The van der Waals surface area contributed by atoms with Crippen molar-refractivity contribution in [3.05, 3.63) is 87.6 Å². The minimum absolute atomic E-state index is 0.0118. The number of thioether (sulfide) groups is 1. The largest absolute Gasteiger partial charge is 0.508 e. The van der Waals surface area contributed by atoms with Crippen LogP contribution < -0.4 is 19.5 Å². The summed E-state index contributed by atoms with van der Waals surface area (Å²) in [7, 11) is 2.78. The molecule has 1 heterocycles. The molecule has 0 saturated carbocycles. The van der Waals surface area contributed by atoms with Crippen LogP contribution in [-0.4, -0.2) is 65.4 Å². The predicted octanol–water partition coefficient (Wildman–Crippen LogP) is 5.54. The van der Waals surface area contributed by atoms with E-state index in [2.05, 4.69) is 5.32 Å². The average molecular weight is 668 g/mol. The Balaban J connectivity index is 1.55. The molecule has 1 aliphatic heterocycles. The van der Waals surface area contributed by atoms with Crippen LogP contribution in [0.1, 0.15) is 53.3 Å². The Kier molecular flexibility index (Phi) is 9.57. The molecule has 5 rings (SSSR count).